The Balaban J connectivity index is 2.45. The van der Waals surface area contributed by atoms with E-state index in [1.54, 1.807) is 18.3 Å². The van der Waals surface area contributed by atoms with Crippen molar-refractivity contribution in [2.45, 2.75) is 13.5 Å². The van der Waals surface area contributed by atoms with Crippen molar-refractivity contribution in [1.82, 2.24) is 19.4 Å². The zero-order valence-electron chi connectivity index (χ0n) is 11.4. The van der Waals surface area contributed by atoms with E-state index in [2.05, 4.69) is 10.2 Å². The molecule has 0 atom stereocenters. The van der Waals surface area contributed by atoms with Crippen molar-refractivity contribution in [1.29, 1.82) is 0 Å². The lowest BCUT2D eigenvalue weighted by Gasteiger charge is -2.12. The molecular formula is C13H11Cl2N5OS. The second kappa shape index (κ2) is 5.42. The van der Waals surface area contributed by atoms with Crippen molar-refractivity contribution in [3.8, 4) is 11.4 Å². The average Bonchev–Trinajstić information content (AvgIpc) is 2.82. The van der Waals surface area contributed by atoms with Gasteiger partial charge in [0, 0.05) is 18.1 Å². The maximum absolute atomic E-state index is 12.8. The molecule has 22 heavy (non-hydrogen) atoms. The highest BCUT2D eigenvalue weighted by molar-refractivity contribution is 7.71. The van der Waals surface area contributed by atoms with E-state index >= 15 is 0 Å². The van der Waals surface area contributed by atoms with E-state index in [1.807, 2.05) is 11.5 Å². The summed E-state index contributed by atoms with van der Waals surface area (Å²) in [6.45, 7) is 2.59. The quantitative estimate of drug-likeness (QED) is 0.546. The average molecular weight is 356 g/mol. The van der Waals surface area contributed by atoms with Crippen LogP contribution in [0.15, 0.2) is 23.1 Å². The van der Waals surface area contributed by atoms with Crippen LogP contribution in [0.5, 0.6) is 0 Å². The largest absolute Gasteiger partial charge is 0.347 e. The Labute approximate surface area is 140 Å². The van der Waals surface area contributed by atoms with Crippen LogP contribution in [0.3, 0.4) is 0 Å². The number of nitrogens with two attached hydrogens (primary N) is 1. The maximum Gasteiger partial charge on any atom is 0.214 e. The molecule has 0 bridgehead atoms. The standard InChI is InChI=1S/C13H11Cl2N5OS/c1-2-19-5-7(12-17-18-13(22)20(12)16)11(21)6-3-8(14)9(15)4-10(6)19/h3-5H,2,16H2,1H3,(H,18,22). The van der Waals surface area contributed by atoms with Crippen molar-refractivity contribution in [2.24, 2.45) is 0 Å². The Kier molecular flexibility index (Phi) is 3.72. The van der Waals surface area contributed by atoms with Crippen molar-refractivity contribution < 1.29 is 0 Å². The summed E-state index contributed by atoms with van der Waals surface area (Å²) >= 11 is 17.1. The molecule has 0 radical (unpaired) electrons. The number of nitrogen functional groups attached to an aromatic ring is 1. The lowest BCUT2D eigenvalue weighted by atomic mass is 10.1. The van der Waals surface area contributed by atoms with Gasteiger partial charge in [-0.1, -0.05) is 23.2 Å². The van der Waals surface area contributed by atoms with E-state index in [0.717, 1.165) is 4.68 Å². The number of H-pyrrole nitrogens is 1. The van der Waals surface area contributed by atoms with Gasteiger partial charge in [0.15, 0.2) is 5.82 Å². The summed E-state index contributed by atoms with van der Waals surface area (Å²) in [5, 5.41) is 7.74. The highest BCUT2D eigenvalue weighted by Crippen LogP contribution is 2.27. The number of hydrogen-bond donors (Lipinski definition) is 2. The molecule has 1 aromatic carbocycles. The van der Waals surface area contributed by atoms with Crippen LogP contribution in [0.2, 0.25) is 10.0 Å². The van der Waals surface area contributed by atoms with Gasteiger partial charge in [-0.15, -0.1) is 0 Å². The van der Waals surface area contributed by atoms with Crippen LogP contribution in [-0.2, 0) is 6.54 Å². The van der Waals surface area contributed by atoms with Gasteiger partial charge in [0.2, 0.25) is 10.2 Å². The fraction of sp³-hybridized carbons (Fsp3) is 0.154. The third-order valence-electron chi connectivity index (χ3n) is 3.41. The first-order valence-corrected chi connectivity index (χ1v) is 7.55. The Morgan fingerprint density at radius 3 is 2.64 bits per heavy atom. The number of nitrogens with zero attached hydrogens (tertiary/aromatic N) is 3. The zero-order chi connectivity index (χ0) is 16.0. The third kappa shape index (κ3) is 2.22. The van der Waals surface area contributed by atoms with E-state index in [0.29, 0.717) is 33.1 Å². The minimum absolute atomic E-state index is 0.228. The highest BCUT2D eigenvalue weighted by atomic mass is 35.5. The van der Waals surface area contributed by atoms with E-state index in [9.17, 15) is 4.79 Å². The Hall–Kier alpha value is -1.83. The smallest absolute Gasteiger partial charge is 0.214 e. The lowest BCUT2D eigenvalue weighted by Crippen LogP contribution is -2.17. The molecule has 2 heterocycles. The molecule has 0 fully saturated rings. The first-order chi connectivity index (χ1) is 10.4. The van der Waals surface area contributed by atoms with Gasteiger partial charge in [0.1, 0.15) is 0 Å². The predicted octanol–water partition coefficient (Wildman–Crippen LogP) is 2.96. The molecule has 0 aliphatic carbocycles. The molecule has 3 aromatic rings. The first-order valence-electron chi connectivity index (χ1n) is 6.39. The summed E-state index contributed by atoms with van der Waals surface area (Å²) in [6, 6.07) is 3.23. The fourth-order valence-electron chi connectivity index (χ4n) is 2.30. The van der Waals surface area contributed by atoms with Crippen LogP contribution in [0.4, 0.5) is 0 Å². The molecule has 0 saturated heterocycles. The highest BCUT2D eigenvalue weighted by Gasteiger charge is 2.16. The van der Waals surface area contributed by atoms with E-state index in [4.69, 9.17) is 41.3 Å². The third-order valence-corrected chi connectivity index (χ3v) is 4.42. The number of halogens is 2. The van der Waals surface area contributed by atoms with Crippen LogP contribution in [0, 0.1) is 4.77 Å². The van der Waals surface area contributed by atoms with E-state index in [1.165, 1.54) is 0 Å². The van der Waals surface area contributed by atoms with Crippen molar-refractivity contribution in [3.63, 3.8) is 0 Å². The number of rotatable bonds is 2. The van der Waals surface area contributed by atoms with Gasteiger partial charge < -0.3 is 10.4 Å². The van der Waals surface area contributed by atoms with Crippen molar-refractivity contribution in [2.75, 3.05) is 5.84 Å². The SMILES string of the molecule is CCn1cc(-c2n[nH]c(=S)n2N)c(=O)c2cc(Cl)c(Cl)cc21. The minimum atomic E-state index is -0.237. The molecule has 0 unspecified atom stereocenters. The number of pyridine rings is 1. The summed E-state index contributed by atoms with van der Waals surface area (Å²) < 4.78 is 3.27. The molecule has 6 nitrogen and oxygen atoms in total. The van der Waals surface area contributed by atoms with Crippen LogP contribution in [0.1, 0.15) is 6.92 Å². The maximum atomic E-state index is 12.8. The minimum Gasteiger partial charge on any atom is -0.347 e. The second-order valence-electron chi connectivity index (χ2n) is 4.66. The molecule has 0 aliphatic rings. The van der Waals surface area contributed by atoms with Crippen molar-refractivity contribution >= 4 is 46.3 Å². The van der Waals surface area contributed by atoms with Gasteiger partial charge in [-0.3, -0.25) is 4.79 Å². The van der Waals surface area contributed by atoms with Gasteiger partial charge in [-0.25, -0.2) is 9.77 Å². The molecule has 0 saturated carbocycles. The Morgan fingerprint density at radius 1 is 1.36 bits per heavy atom. The van der Waals surface area contributed by atoms with Crippen LogP contribution in [-0.4, -0.2) is 19.4 Å². The lowest BCUT2D eigenvalue weighted by molar-refractivity contribution is 0.787. The molecule has 0 spiro atoms. The number of nitrogens with one attached hydrogen (secondary N) is 1. The number of benzene rings is 1. The molecule has 3 N–H and O–H groups in total. The Morgan fingerprint density at radius 2 is 2.05 bits per heavy atom. The summed E-state index contributed by atoms with van der Waals surface area (Å²) in [4.78, 5) is 12.8. The van der Waals surface area contributed by atoms with Gasteiger partial charge in [-0.2, -0.15) is 5.10 Å². The molecular weight excluding hydrogens is 345 g/mol. The summed E-state index contributed by atoms with van der Waals surface area (Å²) in [5.41, 5.74) is 0.796. The van der Waals surface area contributed by atoms with Gasteiger partial charge in [0.05, 0.1) is 21.1 Å². The molecule has 9 heteroatoms. The number of hydrogen-bond acceptors (Lipinski definition) is 4. The normalized spacial score (nSPS) is 11.2. The molecule has 2 aromatic heterocycles. The number of aryl methyl sites for hydroxylation is 1. The topological polar surface area (TPSA) is 81.6 Å². The molecule has 114 valence electrons. The molecule has 3 rings (SSSR count). The van der Waals surface area contributed by atoms with Crippen LogP contribution in [0.25, 0.3) is 22.3 Å². The van der Waals surface area contributed by atoms with Crippen LogP contribution < -0.4 is 11.3 Å². The van der Waals surface area contributed by atoms with Crippen LogP contribution >= 0.6 is 35.4 Å². The summed E-state index contributed by atoms with van der Waals surface area (Å²) in [6.07, 6.45) is 1.68. The van der Waals surface area contributed by atoms with E-state index in [-0.39, 0.29) is 16.0 Å². The molecule has 0 amide bonds. The number of fused-ring (bicyclic) bond motifs is 1. The second-order valence-corrected chi connectivity index (χ2v) is 5.86. The van der Waals surface area contributed by atoms with Gasteiger partial charge in [0.25, 0.3) is 0 Å². The first kappa shape index (κ1) is 15.1. The van der Waals surface area contributed by atoms with E-state index < -0.39 is 0 Å². The predicted molar refractivity (Wildman–Crippen MR) is 90.5 cm³/mol. The number of aromatic nitrogens is 4. The van der Waals surface area contributed by atoms with Crippen molar-refractivity contribution in [3.05, 3.63) is 43.4 Å². The zero-order valence-corrected chi connectivity index (χ0v) is 13.8. The monoisotopic (exact) mass is 355 g/mol. The van der Waals surface area contributed by atoms with Gasteiger partial charge >= 0.3 is 0 Å². The number of aromatic amines is 1. The Bertz CT molecular complexity index is 1000. The van der Waals surface area contributed by atoms with Gasteiger partial charge in [-0.05, 0) is 31.3 Å². The summed E-state index contributed by atoms with van der Waals surface area (Å²) in [7, 11) is 0. The fourth-order valence-corrected chi connectivity index (χ4v) is 2.75. The summed E-state index contributed by atoms with van der Waals surface area (Å²) in [5.74, 6) is 6.09. The molecule has 0 aliphatic heterocycles.